The molecule has 1 heterocycles. The summed E-state index contributed by atoms with van der Waals surface area (Å²) in [5.41, 5.74) is 3.04. The Morgan fingerprint density at radius 1 is 1.12 bits per heavy atom. The number of unbranched alkanes of at least 4 members (excludes halogenated alkanes) is 5. The molecule has 0 bridgehead atoms. The van der Waals surface area contributed by atoms with Crippen LogP contribution in [-0.4, -0.2) is 22.3 Å². The van der Waals surface area contributed by atoms with E-state index in [1.165, 1.54) is 42.3 Å². The van der Waals surface area contributed by atoms with E-state index in [9.17, 15) is 4.79 Å². The number of rotatable bonds is 10. The summed E-state index contributed by atoms with van der Waals surface area (Å²) < 4.78 is 7.02. The largest absolute Gasteiger partial charge is 0.482 e. The van der Waals surface area contributed by atoms with Gasteiger partial charge in [-0.05, 0) is 44.4 Å². The molecular weight excluding hydrogens is 348 g/mol. The average molecular weight is 377 g/mol. The highest BCUT2D eigenvalue weighted by atomic mass is 35.5. The Hall–Kier alpha value is -1.81. The lowest BCUT2D eigenvalue weighted by atomic mass is 10.0. The molecule has 4 nitrogen and oxygen atoms in total. The van der Waals surface area contributed by atoms with Crippen LogP contribution in [0.5, 0.6) is 5.75 Å². The van der Waals surface area contributed by atoms with Gasteiger partial charge in [0.05, 0.1) is 10.7 Å². The molecule has 0 aliphatic heterocycles. The van der Waals surface area contributed by atoms with Gasteiger partial charge in [0.2, 0.25) is 0 Å². The first-order valence-electron chi connectivity index (χ1n) is 9.50. The van der Waals surface area contributed by atoms with Crippen LogP contribution in [0.3, 0.4) is 0 Å². The average Bonchev–Trinajstić information content (AvgIpc) is 2.91. The van der Waals surface area contributed by atoms with E-state index in [1.807, 2.05) is 26.0 Å². The molecule has 0 amide bonds. The van der Waals surface area contributed by atoms with Gasteiger partial charge in [0.15, 0.2) is 6.61 Å². The van der Waals surface area contributed by atoms with Crippen LogP contribution >= 0.6 is 11.6 Å². The zero-order valence-electron chi connectivity index (χ0n) is 16.1. The minimum atomic E-state index is -0.181. The second kappa shape index (κ2) is 10.4. The molecule has 26 heavy (non-hydrogen) atoms. The maximum Gasteiger partial charge on any atom is 0.284 e. The number of hydrogen-bond donors (Lipinski definition) is 0. The molecule has 0 N–H and O–H groups in total. The van der Waals surface area contributed by atoms with Crippen molar-refractivity contribution in [2.45, 2.75) is 65.7 Å². The Balaban J connectivity index is 1.91. The zero-order valence-corrected chi connectivity index (χ0v) is 16.8. The molecule has 0 fully saturated rings. The third-order valence-corrected chi connectivity index (χ3v) is 4.96. The molecule has 1 aromatic heterocycles. The summed E-state index contributed by atoms with van der Waals surface area (Å²) in [6, 6.07) is 7.14. The van der Waals surface area contributed by atoms with Crippen molar-refractivity contribution in [1.82, 2.24) is 9.78 Å². The van der Waals surface area contributed by atoms with Crippen molar-refractivity contribution in [3.8, 4) is 5.75 Å². The highest BCUT2D eigenvalue weighted by molar-refractivity contribution is 6.32. The summed E-state index contributed by atoms with van der Waals surface area (Å²) in [6.45, 7) is 6.08. The number of benzene rings is 1. The molecule has 1 aromatic carbocycles. The maximum absolute atomic E-state index is 12.5. The minimum absolute atomic E-state index is 0.0812. The van der Waals surface area contributed by atoms with Gasteiger partial charge in [0.25, 0.3) is 5.91 Å². The number of hydrogen-bond acceptors (Lipinski definition) is 3. The Morgan fingerprint density at radius 2 is 1.81 bits per heavy atom. The Kier molecular flexibility index (Phi) is 8.17. The number of aryl methyl sites for hydroxylation is 1. The summed E-state index contributed by atoms with van der Waals surface area (Å²) >= 11 is 6.06. The first-order valence-corrected chi connectivity index (χ1v) is 9.88. The van der Waals surface area contributed by atoms with E-state index in [1.54, 1.807) is 12.1 Å². The van der Waals surface area contributed by atoms with Crippen LogP contribution < -0.4 is 4.74 Å². The normalized spacial score (nSPS) is 10.9. The van der Waals surface area contributed by atoms with Crippen molar-refractivity contribution in [1.29, 1.82) is 0 Å². The van der Waals surface area contributed by atoms with Gasteiger partial charge in [-0.3, -0.25) is 4.79 Å². The van der Waals surface area contributed by atoms with Gasteiger partial charge in [0, 0.05) is 5.69 Å². The van der Waals surface area contributed by atoms with Crippen molar-refractivity contribution in [3.63, 3.8) is 0 Å². The molecule has 2 rings (SSSR count). The fourth-order valence-electron chi connectivity index (χ4n) is 3.12. The molecule has 0 radical (unpaired) electrons. The maximum atomic E-state index is 12.5. The highest BCUT2D eigenvalue weighted by Crippen LogP contribution is 2.23. The molecule has 5 heteroatoms. The molecule has 0 spiro atoms. The van der Waals surface area contributed by atoms with Crippen LogP contribution in [0.25, 0.3) is 0 Å². The van der Waals surface area contributed by atoms with Gasteiger partial charge in [-0.15, -0.1) is 0 Å². The molecule has 0 aliphatic carbocycles. The third-order valence-electron chi connectivity index (χ3n) is 4.65. The van der Waals surface area contributed by atoms with Gasteiger partial charge in [-0.1, -0.05) is 62.8 Å². The molecule has 0 saturated carbocycles. The summed E-state index contributed by atoms with van der Waals surface area (Å²) in [7, 11) is 0. The summed E-state index contributed by atoms with van der Waals surface area (Å²) in [6.07, 6.45) is 8.52. The van der Waals surface area contributed by atoms with Crippen LogP contribution in [0.2, 0.25) is 5.02 Å². The lowest BCUT2D eigenvalue weighted by Gasteiger charge is -2.08. The standard InChI is InChI=1S/C21H29ClN2O2/c1-4-5-6-7-8-9-12-18-16(2)23-24(17(18)3)21(25)15-26-20-14-11-10-13-19(20)22/h10-11,13-14H,4-9,12,15H2,1-3H3. The summed E-state index contributed by atoms with van der Waals surface area (Å²) in [4.78, 5) is 12.5. The SMILES string of the molecule is CCCCCCCCc1c(C)nn(C(=O)COc2ccccc2Cl)c1C. The Labute approximate surface area is 161 Å². The number of halogens is 1. The highest BCUT2D eigenvalue weighted by Gasteiger charge is 2.17. The molecule has 2 aromatic rings. The lowest BCUT2D eigenvalue weighted by molar-refractivity contribution is 0.0818. The van der Waals surface area contributed by atoms with Gasteiger partial charge in [0.1, 0.15) is 5.75 Å². The summed E-state index contributed by atoms with van der Waals surface area (Å²) in [5.74, 6) is 0.330. The zero-order chi connectivity index (χ0) is 18.9. The van der Waals surface area contributed by atoms with E-state index in [4.69, 9.17) is 16.3 Å². The Bertz CT molecular complexity index is 725. The molecule has 0 atom stereocenters. The van der Waals surface area contributed by atoms with Gasteiger partial charge in [-0.25, -0.2) is 4.68 Å². The van der Waals surface area contributed by atoms with Crippen LogP contribution in [0.4, 0.5) is 0 Å². The van der Waals surface area contributed by atoms with Crippen molar-refractivity contribution in [3.05, 3.63) is 46.2 Å². The van der Waals surface area contributed by atoms with E-state index in [0.717, 1.165) is 24.2 Å². The Morgan fingerprint density at radius 3 is 2.54 bits per heavy atom. The van der Waals surface area contributed by atoms with Crippen LogP contribution in [0.15, 0.2) is 24.3 Å². The first kappa shape index (κ1) is 20.5. The molecule has 0 saturated heterocycles. The summed E-state index contributed by atoms with van der Waals surface area (Å²) in [5, 5.41) is 4.92. The quantitative estimate of drug-likeness (QED) is 0.494. The number of nitrogens with zero attached hydrogens (tertiary/aromatic N) is 2. The van der Waals surface area contributed by atoms with E-state index < -0.39 is 0 Å². The van der Waals surface area contributed by atoms with Crippen LogP contribution in [0.1, 0.15) is 67.2 Å². The predicted octanol–water partition coefficient (Wildman–Crippen LogP) is 5.78. The monoisotopic (exact) mass is 376 g/mol. The van der Waals surface area contributed by atoms with Crippen molar-refractivity contribution >= 4 is 17.5 Å². The minimum Gasteiger partial charge on any atom is -0.482 e. The van der Waals surface area contributed by atoms with E-state index >= 15 is 0 Å². The van der Waals surface area contributed by atoms with E-state index in [-0.39, 0.29) is 12.5 Å². The number of aromatic nitrogens is 2. The van der Waals surface area contributed by atoms with Crippen molar-refractivity contribution < 1.29 is 9.53 Å². The van der Waals surface area contributed by atoms with Crippen LogP contribution in [-0.2, 0) is 6.42 Å². The third kappa shape index (κ3) is 5.60. The molecule has 0 unspecified atom stereocenters. The number of carbonyl (C=O) groups is 1. The first-order chi connectivity index (χ1) is 12.5. The molecule has 0 aliphatic rings. The van der Waals surface area contributed by atoms with Gasteiger partial charge < -0.3 is 4.74 Å². The van der Waals surface area contributed by atoms with Crippen molar-refractivity contribution in [2.24, 2.45) is 0 Å². The second-order valence-electron chi connectivity index (χ2n) is 6.69. The fraction of sp³-hybridized carbons (Fsp3) is 0.524. The lowest BCUT2D eigenvalue weighted by Crippen LogP contribution is -2.21. The van der Waals surface area contributed by atoms with E-state index in [2.05, 4.69) is 12.0 Å². The van der Waals surface area contributed by atoms with Gasteiger partial charge in [-0.2, -0.15) is 5.10 Å². The molecule has 142 valence electrons. The van der Waals surface area contributed by atoms with Crippen LogP contribution in [0, 0.1) is 13.8 Å². The predicted molar refractivity (Wildman–Crippen MR) is 106 cm³/mol. The topological polar surface area (TPSA) is 44.1 Å². The van der Waals surface area contributed by atoms with E-state index in [0.29, 0.717) is 10.8 Å². The number of carbonyl (C=O) groups excluding carboxylic acids is 1. The smallest absolute Gasteiger partial charge is 0.284 e. The van der Waals surface area contributed by atoms with Gasteiger partial charge >= 0.3 is 0 Å². The molecular formula is C21H29ClN2O2. The number of para-hydroxylation sites is 1. The second-order valence-corrected chi connectivity index (χ2v) is 7.10. The van der Waals surface area contributed by atoms with Crippen molar-refractivity contribution in [2.75, 3.05) is 6.61 Å². The number of ether oxygens (including phenoxy) is 1. The fourth-order valence-corrected chi connectivity index (χ4v) is 3.31.